The molecule has 9 heavy (non-hydrogen) atoms. The van der Waals surface area contributed by atoms with E-state index >= 15 is 0 Å². The largest absolute Gasteiger partial charge is 0.373 e. The molecular weight excluding hydrogens is 134 g/mol. The van der Waals surface area contributed by atoms with Gasteiger partial charge in [-0.2, -0.15) is 0 Å². The average molecular weight is 148 g/mol. The SMILES string of the molecule is CC(C)=CNC(C)(C)Cl. The predicted molar refractivity (Wildman–Crippen MR) is 42.5 cm³/mol. The van der Waals surface area contributed by atoms with E-state index in [1.807, 2.05) is 33.9 Å². The van der Waals surface area contributed by atoms with Crippen LogP contribution >= 0.6 is 11.6 Å². The van der Waals surface area contributed by atoms with Crippen molar-refractivity contribution in [3.63, 3.8) is 0 Å². The summed E-state index contributed by atoms with van der Waals surface area (Å²) >= 11 is 5.82. The molecule has 0 spiro atoms. The Kier molecular flexibility index (Phi) is 3.06. The van der Waals surface area contributed by atoms with Gasteiger partial charge in [0.15, 0.2) is 0 Å². The molecule has 0 amide bonds. The van der Waals surface area contributed by atoms with Gasteiger partial charge in [0.05, 0.1) is 0 Å². The molecule has 0 aromatic rings. The van der Waals surface area contributed by atoms with Crippen LogP contribution in [0.25, 0.3) is 0 Å². The molecule has 2 heteroatoms. The summed E-state index contributed by atoms with van der Waals surface area (Å²) in [6.07, 6.45) is 1.91. The molecule has 54 valence electrons. The van der Waals surface area contributed by atoms with Crippen molar-refractivity contribution in [1.82, 2.24) is 5.32 Å². The topological polar surface area (TPSA) is 12.0 Å². The minimum Gasteiger partial charge on any atom is -0.373 e. The fourth-order valence-corrected chi connectivity index (χ4v) is 0.371. The van der Waals surface area contributed by atoms with Gasteiger partial charge in [0.1, 0.15) is 5.00 Å². The molecule has 0 atom stereocenters. The lowest BCUT2D eigenvalue weighted by molar-refractivity contribution is 0.623. The molecule has 0 aliphatic carbocycles. The highest BCUT2D eigenvalue weighted by Gasteiger charge is 2.07. The maximum atomic E-state index is 5.82. The first-order valence-corrected chi connectivity index (χ1v) is 3.39. The lowest BCUT2D eigenvalue weighted by atomic mass is 10.3. The number of allylic oxidation sites excluding steroid dienone is 1. The van der Waals surface area contributed by atoms with Gasteiger partial charge in [0.25, 0.3) is 0 Å². The van der Waals surface area contributed by atoms with Crippen molar-refractivity contribution in [2.45, 2.75) is 32.7 Å². The smallest absolute Gasteiger partial charge is 0.106 e. The fourth-order valence-electron chi connectivity index (χ4n) is 0.316. The molecule has 0 rings (SSSR count). The first-order chi connectivity index (χ1) is 3.92. The van der Waals surface area contributed by atoms with Gasteiger partial charge in [0.2, 0.25) is 0 Å². The molecule has 0 aliphatic heterocycles. The van der Waals surface area contributed by atoms with E-state index in [1.165, 1.54) is 5.57 Å². The fraction of sp³-hybridized carbons (Fsp3) is 0.714. The lowest BCUT2D eigenvalue weighted by Crippen LogP contribution is -2.28. The monoisotopic (exact) mass is 147 g/mol. The third-order valence-electron chi connectivity index (χ3n) is 0.704. The van der Waals surface area contributed by atoms with Crippen LogP contribution in [0, 0.1) is 0 Å². The van der Waals surface area contributed by atoms with Crippen LogP contribution in [0.3, 0.4) is 0 Å². The molecule has 0 aromatic carbocycles. The van der Waals surface area contributed by atoms with Crippen molar-refractivity contribution in [3.8, 4) is 0 Å². The highest BCUT2D eigenvalue weighted by atomic mass is 35.5. The standard InChI is InChI=1S/C7H14ClN/c1-6(2)5-9-7(3,4)8/h5,9H,1-4H3. The quantitative estimate of drug-likeness (QED) is 0.468. The summed E-state index contributed by atoms with van der Waals surface area (Å²) in [5, 5.41) is 3.02. The van der Waals surface area contributed by atoms with Gasteiger partial charge < -0.3 is 5.32 Å². The Balaban J connectivity index is 3.64. The van der Waals surface area contributed by atoms with Crippen LogP contribution < -0.4 is 5.32 Å². The zero-order valence-corrected chi connectivity index (χ0v) is 7.21. The Morgan fingerprint density at radius 2 is 1.89 bits per heavy atom. The Bertz CT molecular complexity index is 107. The molecule has 0 bridgehead atoms. The molecule has 0 fully saturated rings. The molecule has 0 saturated heterocycles. The van der Waals surface area contributed by atoms with Gasteiger partial charge in [0, 0.05) is 0 Å². The zero-order valence-electron chi connectivity index (χ0n) is 6.46. The maximum absolute atomic E-state index is 5.82. The normalized spacial score (nSPS) is 10.8. The number of alkyl halides is 1. The summed E-state index contributed by atoms with van der Waals surface area (Å²) < 4.78 is 0. The van der Waals surface area contributed by atoms with E-state index in [0.29, 0.717) is 0 Å². The summed E-state index contributed by atoms with van der Waals surface area (Å²) in [6, 6.07) is 0. The Labute approximate surface area is 62.1 Å². The maximum Gasteiger partial charge on any atom is 0.106 e. The Hall–Kier alpha value is -0.170. The van der Waals surface area contributed by atoms with Crippen molar-refractivity contribution >= 4 is 11.6 Å². The van der Waals surface area contributed by atoms with Crippen LogP contribution in [-0.4, -0.2) is 5.00 Å². The minimum atomic E-state index is -0.322. The van der Waals surface area contributed by atoms with Gasteiger partial charge in [-0.1, -0.05) is 17.2 Å². The van der Waals surface area contributed by atoms with Crippen LogP contribution in [0.4, 0.5) is 0 Å². The molecular formula is C7H14ClN. The van der Waals surface area contributed by atoms with E-state index in [0.717, 1.165) is 0 Å². The predicted octanol–water partition coefficient (Wildman–Crippen LogP) is 2.47. The van der Waals surface area contributed by atoms with E-state index in [4.69, 9.17) is 11.6 Å². The van der Waals surface area contributed by atoms with Crippen molar-refractivity contribution in [2.75, 3.05) is 0 Å². The summed E-state index contributed by atoms with van der Waals surface area (Å²) in [7, 11) is 0. The molecule has 1 N–H and O–H groups in total. The molecule has 0 heterocycles. The third kappa shape index (κ3) is 7.83. The summed E-state index contributed by atoms with van der Waals surface area (Å²) in [6.45, 7) is 7.87. The molecule has 0 radical (unpaired) electrons. The van der Waals surface area contributed by atoms with Crippen LogP contribution in [-0.2, 0) is 0 Å². The molecule has 1 nitrogen and oxygen atoms in total. The number of hydrogen-bond acceptors (Lipinski definition) is 1. The average Bonchev–Trinajstić information content (AvgIpc) is 1.59. The molecule has 0 unspecified atom stereocenters. The van der Waals surface area contributed by atoms with Crippen LogP contribution in [0.1, 0.15) is 27.7 Å². The van der Waals surface area contributed by atoms with Crippen molar-refractivity contribution in [1.29, 1.82) is 0 Å². The van der Waals surface area contributed by atoms with Gasteiger partial charge in [-0.15, -0.1) is 0 Å². The highest BCUT2D eigenvalue weighted by molar-refractivity contribution is 6.23. The van der Waals surface area contributed by atoms with Gasteiger partial charge in [-0.3, -0.25) is 0 Å². The minimum absolute atomic E-state index is 0.322. The third-order valence-corrected chi connectivity index (χ3v) is 0.813. The van der Waals surface area contributed by atoms with Crippen molar-refractivity contribution in [3.05, 3.63) is 11.8 Å². The van der Waals surface area contributed by atoms with E-state index in [9.17, 15) is 0 Å². The zero-order chi connectivity index (χ0) is 7.49. The Morgan fingerprint density at radius 3 is 2.00 bits per heavy atom. The lowest BCUT2D eigenvalue weighted by Gasteiger charge is -2.15. The number of nitrogens with one attached hydrogen (secondary N) is 1. The van der Waals surface area contributed by atoms with Crippen LogP contribution in [0.15, 0.2) is 11.8 Å². The number of rotatable bonds is 2. The first kappa shape index (κ1) is 8.83. The van der Waals surface area contributed by atoms with E-state index in [2.05, 4.69) is 5.32 Å². The summed E-state index contributed by atoms with van der Waals surface area (Å²) in [4.78, 5) is -0.322. The van der Waals surface area contributed by atoms with Crippen molar-refractivity contribution in [2.24, 2.45) is 0 Å². The van der Waals surface area contributed by atoms with E-state index < -0.39 is 0 Å². The van der Waals surface area contributed by atoms with Gasteiger partial charge in [-0.05, 0) is 33.9 Å². The second-order valence-corrected chi connectivity index (χ2v) is 3.78. The second kappa shape index (κ2) is 3.11. The highest BCUT2D eigenvalue weighted by Crippen LogP contribution is 2.07. The van der Waals surface area contributed by atoms with Crippen LogP contribution in [0.5, 0.6) is 0 Å². The summed E-state index contributed by atoms with van der Waals surface area (Å²) in [5.74, 6) is 0. The molecule has 0 aliphatic rings. The molecule has 0 saturated carbocycles. The van der Waals surface area contributed by atoms with Crippen molar-refractivity contribution < 1.29 is 0 Å². The number of hydrogen-bond donors (Lipinski definition) is 1. The Morgan fingerprint density at radius 1 is 1.44 bits per heavy atom. The van der Waals surface area contributed by atoms with Gasteiger partial charge in [-0.25, -0.2) is 0 Å². The molecule has 0 aromatic heterocycles. The number of halogens is 1. The van der Waals surface area contributed by atoms with E-state index in [1.54, 1.807) is 0 Å². The van der Waals surface area contributed by atoms with Crippen LogP contribution in [0.2, 0.25) is 0 Å². The first-order valence-electron chi connectivity index (χ1n) is 3.02. The van der Waals surface area contributed by atoms with Gasteiger partial charge >= 0.3 is 0 Å². The summed E-state index contributed by atoms with van der Waals surface area (Å²) in [5.41, 5.74) is 1.23. The van der Waals surface area contributed by atoms with E-state index in [-0.39, 0.29) is 5.00 Å². The second-order valence-electron chi connectivity index (χ2n) is 2.84.